The van der Waals surface area contributed by atoms with E-state index >= 15 is 0 Å². The molecule has 2 rings (SSSR count). The lowest BCUT2D eigenvalue weighted by atomic mass is 10.1. The van der Waals surface area contributed by atoms with Gasteiger partial charge in [-0.2, -0.15) is 0 Å². The molecule has 1 amide bonds. The Morgan fingerprint density at radius 1 is 1.44 bits per heavy atom. The summed E-state index contributed by atoms with van der Waals surface area (Å²) in [6.07, 6.45) is 0. The van der Waals surface area contributed by atoms with Gasteiger partial charge in [-0.25, -0.2) is 0 Å². The van der Waals surface area contributed by atoms with Crippen LogP contribution < -0.4 is 5.73 Å². The highest BCUT2D eigenvalue weighted by molar-refractivity contribution is 7.63. The molecule has 0 bridgehead atoms. The molecule has 2 aromatic rings. The van der Waals surface area contributed by atoms with Gasteiger partial charge in [0.1, 0.15) is 5.66 Å². The minimum Gasteiger partial charge on any atom is -0.369 e. The maximum atomic E-state index is 12.3. The molecule has 0 aliphatic carbocycles. The molecule has 1 aromatic heterocycles. The first-order valence-electron chi connectivity index (χ1n) is 5.31. The minimum atomic E-state index is -2.65. The molecule has 1 aromatic carbocycles. The van der Waals surface area contributed by atoms with Crippen LogP contribution >= 0.6 is 30.1 Å². The van der Waals surface area contributed by atoms with E-state index < -0.39 is 18.7 Å². The smallest absolute Gasteiger partial charge is 0.232 e. The van der Waals surface area contributed by atoms with Crippen LogP contribution in [0.2, 0.25) is 5.02 Å². The molecule has 1 heterocycles. The fraction of sp³-hybridized carbons (Fsp3) is 0.250. The minimum absolute atomic E-state index is 0.553. The van der Waals surface area contributed by atoms with Crippen molar-refractivity contribution >= 4 is 46.1 Å². The number of hydrogen-bond donors (Lipinski definition) is 1. The quantitative estimate of drug-likeness (QED) is 0.879. The molecule has 0 saturated carbocycles. The predicted octanol–water partition coefficient (Wildman–Crippen LogP) is 3.70. The zero-order valence-corrected chi connectivity index (χ0v) is 12.5. The van der Waals surface area contributed by atoms with Crippen molar-refractivity contribution in [1.82, 2.24) is 0 Å². The largest absolute Gasteiger partial charge is 0.369 e. The zero-order valence-electron chi connectivity index (χ0n) is 10.0. The molecule has 18 heavy (non-hydrogen) atoms. The van der Waals surface area contributed by atoms with Gasteiger partial charge in [-0.05, 0) is 47.9 Å². The molecule has 1 unspecified atom stereocenters. The normalized spacial score (nSPS) is 13.7. The van der Waals surface area contributed by atoms with E-state index in [4.69, 9.17) is 17.3 Å². The van der Waals surface area contributed by atoms with Crippen LogP contribution in [0.15, 0.2) is 23.6 Å². The highest BCUT2D eigenvalue weighted by Gasteiger charge is 2.32. The third-order valence-electron chi connectivity index (χ3n) is 2.75. The number of primary amides is 1. The SMILES string of the molecule is CP(C)(=O)C(C(N)=O)c1csc2ccc(Cl)cc12. The summed E-state index contributed by atoms with van der Waals surface area (Å²) in [7, 11) is -2.65. The third-order valence-corrected chi connectivity index (χ3v) is 5.74. The maximum Gasteiger partial charge on any atom is 0.232 e. The second kappa shape index (κ2) is 4.69. The summed E-state index contributed by atoms with van der Waals surface area (Å²) in [5.74, 6) is -0.553. The summed E-state index contributed by atoms with van der Waals surface area (Å²) in [6, 6.07) is 5.47. The first-order valence-corrected chi connectivity index (χ1v) is 9.24. The number of rotatable bonds is 3. The molecular weight excluding hydrogens is 289 g/mol. The number of amides is 1. The molecular formula is C12H13ClNO2PS. The Morgan fingerprint density at radius 3 is 2.67 bits per heavy atom. The number of fused-ring (bicyclic) bond motifs is 1. The van der Waals surface area contributed by atoms with Crippen molar-refractivity contribution in [3.05, 3.63) is 34.2 Å². The Labute approximate surface area is 114 Å². The van der Waals surface area contributed by atoms with Crippen LogP contribution in [0.4, 0.5) is 0 Å². The van der Waals surface area contributed by atoms with Gasteiger partial charge in [-0.1, -0.05) is 11.6 Å². The highest BCUT2D eigenvalue weighted by Crippen LogP contribution is 2.54. The van der Waals surface area contributed by atoms with Crippen molar-refractivity contribution in [2.45, 2.75) is 5.66 Å². The molecule has 0 fully saturated rings. The number of benzene rings is 1. The average molecular weight is 302 g/mol. The first kappa shape index (κ1) is 13.6. The van der Waals surface area contributed by atoms with Crippen molar-refractivity contribution < 1.29 is 9.36 Å². The summed E-state index contributed by atoms with van der Waals surface area (Å²) in [5.41, 5.74) is 5.38. The second-order valence-electron chi connectivity index (χ2n) is 4.57. The third kappa shape index (κ3) is 2.46. The fourth-order valence-corrected chi connectivity index (χ4v) is 4.76. The monoisotopic (exact) mass is 301 g/mol. The topological polar surface area (TPSA) is 60.2 Å². The average Bonchev–Trinajstić information content (AvgIpc) is 2.59. The van der Waals surface area contributed by atoms with Crippen LogP contribution in [0.3, 0.4) is 0 Å². The van der Waals surface area contributed by atoms with Crippen LogP contribution in [0.1, 0.15) is 11.2 Å². The van der Waals surface area contributed by atoms with Crippen LogP contribution in [-0.4, -0.2) is 19.2 Å². The molecule has 0 saturated heterocycles. The summed E-state index contributed by atoms with van der Waals surface area (Å²) < 4.78 is 13.3. The van der Waals surface area contributed by atoms with Crippen LogP contribution in [0, 0.1) is 0 Å². The van der Waals surface area contributed by atoms with Crippen molar-refractivity contribution in [3.63, 3.8) is 0 Å². The van der Waals surface area contributed by atoms with Gasteiger partial charge in [0.25, 0.3) is 0 Å². The first-order chi connectivity index (χ1) is 8.30. The van der Waals surface area contributed by atoms with Gasteiger partial charge in [-0.15, -0.1) is 11.3 Å². The number of carbonyl (C=O) groups excluding carboxylic acids is 1. The van der Waals surface area contributed by atoms with Crippen molar-refractivity contribution in [1.29, 1.82) is 0 Å². The maximum absolute atomic E-state index is 12.3. The van der Waals surface area contributed by atoms with Gasteiger partial charge in [0.2, 0.25) is 5.91 Å². The lowest BCUT2D eigenvalue weighted by molar-refractivity contribution is -0.117. The zero-order chi connectivity index (χ0) is 13.5. The Hall–Kier alpha value is -0.830. The Bertz CT molecular complexity index is 661. The number of nitrogens with two attached hydrogens (primary N) is 1. The van der Waals surface area contributed by atoms with E-state index in [1.54, 1.807) is 25.5 Å². The molecule has 2 N–H and O–H groups in total. The van der Waals surface area contributed by atoms with Gasteiger partial charge in [0, 0.05) is 9.72 Å². The van der Waals surface area contributed by atoms with Crippen LogP contribution in [-0.2, 0) is 9.36 Å². The molecule has 0 spiro atoms. The highest BCUT2D eigenvalue weighted by atomic mass is 35.5. The van der Waals surface area contributed by atoms with E-state index in [0.717, 1.165) is 15.6 Å². The van der Waals surface area contributed by atoms with E-state index in [-0.39, 0.29) is 0 Å². The molecule has 3 nitrogen and oxygen atoms in total. The Morgan fingerprint density at radius 2 is 2.11 bits per heavy atom. The lowest BCUT2D eigenvalue weighted by Crippen LogP contribution is -2.20. The second-order valence-corrected chi connectivity index (χ2v) is 9.30. The molecule has 0 aliphatic heterocycles. The summed E-state index contributed by atoms with van der Waals surface area (Å²) >= 11 is 7.46. The molecule has 1 atom stereocenters. The van der Waals surface area contributed by atoms with E-state index in [1.165, 1.54) is 11.3 Å². The fourth-order valence-electron chi connectivity index (χ4n) is 2.03. The Balaban J connectivity index is 2.69. The van der Waals surface area contributed by atoms with Gasteiger partial charge >= 0.3 is 0 Å². The summed E-state index contributed by atoms with van der Waals surface area (Å²) in [6.45, 7) is 3.16. The number of carbonyl (C=O) groups is 1. The lowest BCUT2D eigenvalue weighted by Gasteiger charge is -2.17. The standard InChI is InChI=1S/C12H13ClNO2PS/c1-17(2,16)11(12(14)15)9-6-18-10-4-3-7(13)5-8(9)10/h3-6,11H,1-2H3,(H2,14,15). The van der Waals surface area contributed by atoms with E-state index in [1.807, 2.05) is 11.4 Å². The molecule has 0 radical (unpaired) electrons. The van der Waals surface area contributed by atoms with Crippen molar-refractivity contribution in [2.75, 3.05) is 13.3 Å². The van der Waals surface area contributed by atoms with Gasteiger partial charge in [0.15, 0.2) is 0 Å². The van der Waals surface area contributed by atoms with Gasteiger partial charge in [-0.3, -0.25) is 4.79 Å². The van der Waals surface area contributed by atoms with Crippen molar-refractivity contribution in [3.8, 4) is 0 Å². The number of thiophene rings is 1. The summed E-state index contributed by atoms with van der Waals surface area (Å²) in [4.78, 5) is 11.6. The summed E-state index contributed by atoms with van der Waals surface area (Å²) in [5, 5.41) is 3.29. The predicted molar refractivity (Wildman–Crippen MR) is 78.2 cm³/mol. The molecule has 96 valence electrons. The van der Waals surface area contributed by atoms with Crippen molar-refractivity contribution in [2.24, 2.45) is 5.73 Å². The molecule has 0 aliphatic rings. The van der Waals surface area contributed by atoms with E-state index in [0.29, 0.717) is 5.02 Å². The number of halogens is 1. The van der Waals surface area contributed by atoms with Gasteiger partial charge < -0.3 is 10.3 Å². The Kier molecular flexibility index (Phi) is 3.54. The number of hydrogen-bond acceptors (Lipinski definition) is 3. The van der Waals surface area contributed by atoms with E-state index in [2.05, 4.69) is 0 Å². The molecule has 6 heteroatoms. The van der Waals surface area contributed by atoms with Crippen LogP contribution in [0.25, 0.3) is 10.1 Å². The van der Waals surface area contributed by atoms with E-state index in [9.17, 15) is 9.36 Å². The van der Waals surface area contributed by atoms with Crippen LogP contribution in [0.5, 0.6) is 0 Å². The van der Waals surface area contributed by atoms with Gasteiger partial charge in [0.05, 0.1) is 7.14 Å².